The third-order valence-electron chi connectivity index (χ3n) is 4.12. The van der Waals surface area contributed by atoms with E-state index in [4.69, 9.17) is 27.2 Å². The van der Waals surface area contributed by atoms with E-state index < -0.39 is 0 Å². The highest BCUT2D eigenvalue weighted by molar-refractivity contribution is 6.17. The lowest BCUT2D eigenvalue weighted by atomic mass is 9.95. The van der Waals surface area contributed by atoms with Crippen molar-refractivity contribution in [3.05, 3.63) is 59.9 Å². The molecule has 0 spiro atoms. The first-order valence-corrected chi connectivity index (χ1v) is 9.24. The van der Waals surface area contributed by atoms with E-state index in [0.717, 1.165) is 33.7 Å². The summed E-state index contributed by atoms with van der Waals surface area (Å²) in [6.45, 7) is 5.86. The number of hydrogen-bond acceptors (Lipinski definition) is 6. The number of nitrogens with two attached hydrogens (primary N) is 1. The molecule has 28 heavy (non-hydrogen) atoms. The number of aliphatic hydroxyl groups excluding tert-OH is 1. The Morgan fingerprint density at radius 2 is 2.07 bits per heavy atom. The second-order valence-electron chi connectivity index (χ2n) is 6.32. The fourth-order valence-corrected chi connectivity index (χ4v) is 3.13. The van der Waals surface area contributed by atoms with Gasteiger partial charge in [-0.1, -0.05) is 18.7 Å². The number of alkyl halides is 1. The number of aromatic amines is 1. The first kappa shape index (κ1) is 19.6. The normalized spacial score (nSPS) is 10.6. The lowest BCUT2D eigenvalue weighted by Gasteiger charge is -2.15. The number of anilines is 3. The molecule has 5 N–H and O–H groups in total. The summed E-state index contributed by atoms with van der Waals surface area (Å²) in [5, 5.41) is 18.8. The van der Waals surface area contributed by atoms with Crippen molar-refractivity contribution >= 4 is 29.2 Å². The van der Waals surface area contributed by atoms with E-state index in [9.17, 15) is 0 Å². The van der Waals surface area contributed by atoms with Crippen LogP contribution in [0.25, 0.3) is 11.1 Å². The van der Waals surface area contributed by atoms with E-state index in [2.05, 4.69) is 27.1 Å². The van der Waals surface area contributed by atoms with Crippen molar-refractivity contribution in [2.45, 2.75) is 19.2 Å². The van der Waals surface area contributed by atoms with Gasteiger partial charge in [0.15, 0.2) is 0 Å². The molecule has 0 saturated heterocycles. The van der Waals surface area contributed by atoms with Gasteiger partial charge in [-0.05, 0) is 53.4 Å². The Morgan fingerprint density at radius 1 is 1.32 bits per heavy atom. The molecule has 0 fully saturated rings. The van der Waals surface area contributed by atoms with E-state index in [0.29, 0.717) is 24.9 Å². The van der Waals surface area contributed by atoms with Crippen LogP contribution in [0.5, 0.6) is 5.75 Å². The summed E-state index contributed by atoms with van der Waals surface area (Å²) >= 11 is 6.22. The van der Waals surface area contributed by atoms with Crippen LogP contribution in [0.1, 0.15) is 17.5 Å². The Balaban J connectivity index is 1.81. The molecule has 8 heteroatoms. The highest BCUT2D eigenvalue weighted by Gasteiger charge is 2.12. The van der Waals surface area contributed by atoms with Gasteiger partial charge in [-0.2, -0.15) is 4.98 Å². The Bertz CT molecular complexity index is 969. The maximum atomic E-state index is 9.12. The van der Waals surface area contributed by atoms with Gasteiger partial charge in [0.1, 0.15) is 5.75 Å². The van der Waals surface area contributed by atoms with Crippen LogP contribution in [0, 0.1) is 6.92 Å². The number of nitrogens with one attached hydrogen (secondary N) is 2. The molecule has 0 saturated carbocycles. The molecule has 0 aliphatic rings. The zero-order chi connectivity index (χ0) is 20.1. The molecule has 1 aromatic heterocycles. The third kappa shape index (κ3) is 4.75. The van der Waals surface area contributed by atoms with E-state index in [-0.39, 0.29) is 11.7 Å². The summed E-state index contributed by atoms with van der Waals surface area (Å²) in [5.74, 6) is 1.85. The third-order valence-corrected chi connectivity index (χ3v) is 4.41. The molecule has 2 aromatic carbocycles. The number of halogens is 1. The number of ether oxygens (including phenoxy) is 1. The molecule has 1 heterocycles. The van der Waals surface area contributed by atoms with E-state index in [1.165, 1.54) is 0 Å². The van der Waals surface area contributed by atoms with E-state index in [1.807, 2.05) is 43.3 Å². The van der Waals surface area contributed by atoms with Crippen LogP contribution in [0.3, 0.4) is 0 Å². The number of benzene rings is 2. The van der Waals surface area contributed by atoms with Gasteiger partial charge in [-0.3, -0.25) is 0 Å². The second kappa shape index (κ2) is 8.67. The van der Waals surface area contributed by atoms with Gasteiger partial charge in [-0.25, -0.2) is 5.10 Å². The highest BCUT2D eigenvalue weighted by atomic mass is 35.5. The first-order valence-electron chi connectivity index (χ1n) is 8.70. The molecule has 3 aromatic rings. The quantitative estimate of drug-likeness (QED) is 0.323. The minimum atomic E-state index is 0.112. The molecule has 3 rings (SSSR count). The lowest BCUT2D eigenvalue weighted by molar-refractivity contribution is 0.287. The average molecular weight is 400 g/mol. The summed E-state index contributed by atoms with van der Waals surface area (Å²) in [7, 11) is 0. The van der Waals surface area contributed by atoms with Crippen LogP contribution in [-0.2, 0) is 5.88 Å². The van der Waals surface area contributed by atoms with Crippen LogP contribution >= 0.6 is 11.6 Å². The first-order chi connectivity index (χ1) is 13.5. The predicted octanol–water partition coefficient (Wildman–Crippen LogP) is 4.69. The fourth-order valence-electron chi connectivity index (χ4n) is 2.91. The fraction of sp³-hybridized carbons (Fsp3) is 0.200. The van der Waals surface area contributed by atoms with Crippen molar-refractivity contribution in [2.24, 2.45) is 0 Å². The van der Waals surface area contributed by atoms with Gasteiger partial charge in [-0.15, -0.1) is 16.7 Å². The lowest BCUT2D eigenvalue weighted by Crippen LogP contribution is -1.99. The Kier molecular flexibility index (Phi) is 6.06. The van der Waals surface area contributed by atoms with Gasteiger partial charge in [0.05, 0.1) is 12.4 Å². The van der Waals surface area contributed by atoms with Gasteiger partial charge in [0, 0.05) is 18.0 Å². The maximum Gasteiger partial charge on any atom is 0.248 e. The van der Waals surface area contributed by atoms with Crippen LogP contribution in [-0.4, -0.2) is 26.9 Å². The zero-order valence-corrected chi connectivity index (χ0v) is 16.3. The summed E-state index contributed by atoms with van der Waals surface area (Å²) in [5.41, 5.74) is 10.6. The van der Waals surface area contributed by atoms with Crippen molar-refractivity contribution in [2.75, 3.05) is 17.7 Å². The van der Waals surface area contributed by atoms with Gasteiger partial charge < -0.3 is 20.9 Å². The number of nitrogens with zero attached hydrogens (tertiary/aromatic N) is 2. The maximum absolute atomic E-state index is 9.12. The number of nitrogen functional groups attached to an aromatic ring is 1. The molecule has 0 amide bonds. The molecule has 0 atom stereocenters. The van der Waals surface area contributed by atoms with Crippen molar-refractivity contribution in [1.29, 1.82) is 0 Å². The zero-order valence-electron chi connectivity index (χ0n) is 15.5. The predicted molar refractivity (Wildman–Crippen MR) is 112 cm³/mol. The molecule has 0 aliphatic carbocycles. The number of H-pyrrole nitrogens is 1. The topological polar surface area (TPSA) is 109 Å². The number of aliphatic hydroxyl groups is 1. The largest absolute Gasteiger partial charge is 0.513 e. The summed E-state index contributed by atoms with van der Waals surface area (Å²) < 4.78 is 5.60. The van der Waals surface area contributed by atoms with Gasteiger partial charge in [0.2, 0.25) is 11.9 Å². The smallest absolute Gasteiger partial charge is 0.248 e. The van der Waals surface area contributed by atoms with Crippen LogP contribution in [0.2, 0.25) is 0 Å². The average Bonchev–Trinajstić information content (AvgIpc) is 3.06. The van der Waals surface area contributed by atoms with E-state index in [1.54, 1.807) is 0 Å². The Morgan fingerprint density at radius 3 is 2.68 bits per heavy atom. The molecule has 0 bridgehead atoms. The minimum Gasteiger partial charge on any atom is -0.513 e. The van der Waals surface area contributed by atoms with Gasteiger partial charge >= 0.3 is 0 Å². The Labute approximate surface area is 168 Å². The molecular weight excluding hydrogens is 378 g/mol. The van der Waals surface area contributed by atoms with Crippen LogP contribution < -0.4 is 15.8 Å². The number of aromatic nitrogens is 3. The van der Waals surface area contributed by atoms with Crippen molar-refractivity contribution in [3.8, 4) is 16.9 Å². The Hall–Kier alpha value is -3.19. The monoisotopic (exact) mass is 399 g/mol. The van der Waals surface area contributed by atoms with Crippen molar-refractivity contribution in [1.82, 2.24) is 15.2 Å². The molecule has 0 unspecified atom stereocenters. The summed E-state index contributed by atoms with van der Waals surface area (Å²) in [6.07, 6.45) is 0.405. The summed E-state index contributed by atoms with van der Waals surface area (Å²) in [4.78, 5) is 4.05. The minimum absolute atomic E-state index is 0.112. The molecular formula is C20H22ClN5O2. The molecule has 0 aliphatic heterocycles. The van der Waals surface area contributed by atoms with Crippen LogP contribution in [0.4, 0.5) is 17.6 Å². The molecule has 0 radical (unpaired) electrons. The number of rotatable bonds is 8. The molecule has 146 valence electrons. The number of hydrogen-bond donors (Lipinski definition) is 4. The number of aryl methyl sites for hydroxylation is 1. The standard InChI is InChI=1S/C20H22ClN5O2/c1-12-9-16(23-20-24-19(22)25-26-20)10-15(11-21)18(12)14-3-5-17(6-4-14)28-8-7-13(2)27/h3-6,9-10,27H,2,7-8,11H2,1H3,(H4,22,23,24,25,26). The van der Waals surface area contributed by atoms with E-state index >= 15 is 0 Å². The molecule has 7 nitrogen and oxygen atoms in total. The van der Waals surface area contributed by atoms with Crippen molar-refractivity contribution in [3.63, 3.8) is 0 Å². The van der Waals surface area contributed by atoms with Gasteiger partial charge in [0.25, 0.3) is 0 Å². The van der Waals surface area contributed by atoms with Crippen molar-refractivity contribution < 1.29 is 9.84 Å². The second-order valence-corrected chi connectivity index (χ2v) is 6.59. The summed E-state index contributed by atoms with van der Waals surface area (Å²) in [6, 6.07) is 11.8. The van der Waals surface area contributed by atoms with Crippen LogP contribution in [0.15, 0.2) is 48.7 Å². The SMILES string of the molecule is C=C(O)CCOc1ccc(-c2c(C)cc(Nc3n[nH]c(N)n3)cc2CCl)cc1. The highest BCUT2D eigenvalue weighted by Crippen LogP contribution is 2.33.